The SMILES string of the molecule is O=C(NCCc1ccc(Cl)c(Cl)c1)c1ccc(C2=NCCc3ccc(Cl)cc32)cc1. The van der Waals surface area contributed by atoms with Crippen molar-refractivity contribution in [2.75, 3.05) is 13.1 Å². The number of aliphatic imine (C=N–C) groups is 1. The summed E-state index contributed by atoms with van der Waals surface area (Å²) < 4.78 is 0. The molecule has 1 aliphatic heterocycles. The zero-order chi connectivity index (χ0) is 21.1. The Balaban J connectivity index is 1.41. The Labute approximate surface area is 190 Å². The number of carbonyl (C=O) groups is 1. The Kier molecular flexibility index (Phi) is 6.43. The van der Waals surface area contributed by atoms with E-state index in [0.29, 0.717) is 33.6 Å². The number of nitrogens with one attached hydrogen (secondary N) is 1. The molecule has 1 amide bonds. The molecule has 0 spiro atoms. The van der Waals surface area contributed by atoms with Gasteiger partial charge in [-0.3, -0.25) is 9.79 Å². The summed E-state index contributed by atoms with van der Waals surface area (Å²) in [6.45, 7) is 1.26. The molecule has 6 heteroatoms. The molecule has 0 fully saturated rings. The smallest absolute Gasteiger partial charge is 0.251 e. The fraction of sp³-hybridized carbons (Fsp3) is 0.167. The first kappa shape index (κ1) is 20.9. The number of fused-ring (bicyclic) bond motifs is 1. The molecular formula is C24H19Cl3N2O. The highest BCUT2D eigenvalue weighted by atomic mass is 35.5. The van der Waals surface area contributed by atoms with Gasteiger partial charge in [0.25, 0.3) is 5.91 Å². The molecule has 3 nitrogen and oxygen atoms in total. The molecule has 0 aromatic heterocycles. The number of benzene rings is 3. The second-order valence-corrected chi connectivity index (χ2v) is 8.36. The van der Waals surface area contributed by atoms with Gasteiger partial charge in [0.1, 0.15) is 0 Å². The van der Waals surface area contributed by atoms with Gasteiger partial charge in [-0.15, -0.1) is 0 Å². The van der Waals surface area contributed by atoms with E-state index in [2.05, 4.69) is 11.4 Å². The van der Waals surface area contributed by atoms with E-state index in [1.54, 1.807) is 6.07 Å². The van der Waals surface area contributed by atoms with Crippen LogP contribution in [0.25, 0.3) is 0 Å². The normalized spacial score (nSPS) is 12.8. The van der Waals surface area contributed by atoms with Crippen LogP contribution in [-0.2, 0) is 12.8 Å². The fourth-order valence-electron chi connectivity index (χ4n) is 3.50. The van der Waals surface area contributed by atoms with Crippen molar-refractivity contribution in [1.82, 2.24) is 5.32 Å². The van der Waals surface area contributed by atoms with Crippen molar-refractivity contribution >= 4 is 46.4 Å². The molecule has 0 bridgehead atoms. The molecule has 0 unspecified atom stereocenters. The lowest BCUT2D eigenvalue weighted by atomic mass is 9.93. The molecule has 0 atom stereocenters. The van der Waals surface area contributed by atoms with Gasteiger partial charge in [0.05, 0.1) is 15.8 Å². The van der Waals surface area contributed by atoms with Crippen molar-refractivity contribution in [3.63, 3.8) is 0 Å². The Morgan fingerprint density at radius 3 is 2.50 bits per heavy atom. The highest BCUT2D eigenvalue weighted by molar-refractivity contribution is 6.42. The second-order valence-electron chi connectivity index (χ2n) is 7.11. The van der Waals surface area contributed by atoms with Gasteiger partial charge in [-0.05, 0) is 60.4 Å². The van der Waals surface area contributed by atoms with E-state index in [0.717, 1.165) is 35.4 Å². The third kappa shape index (κ3) is 4.70. The first-order chi connectivity index (χ1) is 14.5. The molecule has 1 heterocycles. The topological polar surface area (TPSA) is 41.5 Å². The van der Waals surface area contributed by atoms with Crippen LogP contribution in [0.4, 0.5) is 0 Å². The fourth-order valence-corrected chi connectivity index (χ4v) is 4.00. The van der Waals surface area contributed by atoms with E-state index in [4.69, 9.17) is 39.8 Å². The number of rotatable bonds is 5. The number of halogens is 3. The van der Waals surface area contributed by atoms with Gasteiger partial charge in [0.15, 0.2) is 0 Å². The summed E-state index contributed by atoms with van der Waals surface area (Å²) in [4.78, 5) is 17.2. The highest BCUT2D eigenvalue weighted by Gasteiger charge is 2.16. The van der Waals surface area contributed by atoms with Gasteiger partial charge in [-0.1, -0.05) is 59.1 Å². The molecule has 3 aromatic carbocycles. The number of hydrogen-bond donors (Lipinski definition) is 1. The highest BCUT2D eigenvalue weighted by Crippen LogP contribution is 2.24. The van der Waals surface area contributed by atoms with Crippen LogP contribution in [-0.4, -0.2) is 24.7 Å². The average Bonchev–Trinajstić information content (AvgIpc) is 2.76. The summed E-state index contributed by atoms with van der Waals surface area (Å²) in [7, 11) is 0. The maximum absolute atomic E-state index is 12.5. The predicted octanol–water partition coefficient (Wildman–Crippen LogP) is 6.01. The van der Waals surface area contributed by atoms with Crippen molar-refractivity contribution in [2.24, 2.45) is 4.99 Å². The predicted molar refractivity (Wildman–Crippen MR) is 125 cm³/mol. The van der Waals surface area contributed by atoms with E-state index in [1.807, 2.05) is 48.5 Å². The van der Waals surface area contributed by atoms with Crippen LogP contribution in [0.5, 0.6) is 0 Å². The Morgan fingerprint density at radius 2 is 1.73 bits per heavy atom. The molecule has 4 rings (SSSR count). The number of amides is 1. The molecule has 30 heavy (non-hydrogen) atoms. The van der Waals surface area contributed by atoms with Gasteiger partial charge in [0.2, 0.25) is 0 Å². The monoisotopic (exact) mass is 456 g/mol. The zero-order valence-electron chi connectivity index (χ0n) is 16.1. The maximum atomic E-state index is 12.5. The van der Waals surface area contributed by atoms with Gasteiger partial charge in [-0.2, -0.15) is 0 Å². The zero-order valence-corrected chi connectivity index (χ0v) is 18.4. The van der Waals surface area contributed by atoms with Crippen LogP contribution in [0, 0.1) is 0 Å². The largest absolute Gasteiger partial charge is 0.352 e. The summed E-state index contributed by atoms with van der Waals surface area (Å²) in [5, 5.41) is 4.68. The third-order valence-corrected chi connectivity index (χ3v) is 6.06. The van der Waals surface area contributed by atoms with Crippen LogP contribution in [0.2, 0.25) is 15.1 Å². The van der Waals surface area contributed by atoms with Gasteiger partial charge < -0.3 is 5.32 Å². The quantitative estimate of drug-likeness (QED) is 0.500. The van der Waals surface area contributed by atoms with Crippen LogP contribution < -0.4 is 5.32 Å². The first-order valence-corrected chi connectivity index (χ1v) is 10.8. The van der Waals surface area contributed by atoms with Crippen LogP contribution in [0.3, 0.4) is 0 Å². The van der Waals surface area contributed by atoms with Gasteiger partial charge >= 0.3 is 0 Å². The number of hydrogen-bond acceptors (Lipinski definition) is 2. The van der Waals surface area contributed by atoms with E-state index in [-0.39, 0.29) is 5.91 Å². The lowest BCUT2D eigenvalue weighted by Crippen LogP contribution is -2.25. The third-order valence-electron chi connectivity index (χ3n) is 5.08. The van der Waals surface area contributed by atoms with E-state index in [9.17, 15) is 4.79 Å². The minimum Gasteiger partial charge on any atom is -0.352 e. The number of nitrogens with zero attached hydrogens (tertiary/aromatic N) is 1. The standard InChI is InChI=1S/C24H19Cl3N2O/c25-19-7-6-16-10-12-28-23(20(16)14-19)17-2-4-18(5-3-17)24(30)29-11-9-15-1-8-21(26)22(27)13-15/h1-8,13-14H,9-12H2,(H,29,30). The van der Waals surface area contributed by atoms with Crippen LogP contribution in [0.1, 0.15) is 32.6 Å². The van der Waals surface area contributed by atoms with E-state index in [1.165, 1.54) is 5.56 Å². The summed E-state index contributed by atoms with van der Waals surface area (Å²) in [5.74, 6) is -0.115. The maximum Gasteiger partial charge on any atom is 0.251 e. The molecule has 0 aliphatic carbocycles. The van der Waals surface area contributed by atoms with Crippen LogP contribution >= 0.6 is 34.8 Å². The number of carbonyl (C=O) groups excluding carboxylic acids is 1. The second kappa shape index (κ2) is 9.22. The van der Waals surface area contributed by atoms with Crippen molar-refractivity contribution in [3.8, 4) is 0 Å². The van der Waals surface area contributed by atoms with Crippen LogP contribution in [0.15, 0.2) is 65.7 Å². The van der Waals surface area contributed by atoms with Crippen molar-refractivity contribution in [1.29, 1.82) is 0 Å². The molecular weight excluding hydrogens is 439 g/mol. The molecule has 1 N–H and O–H groups in total. The molecule has 0 radical (unpaired) electrons. The van der Waals surface area contributed by atoms with Crippen molar-refractivity contribution < 1.29 is 4.79 Å². The molecule has 152 valence electrons. The molecule has 3 aromatic rings. The minimum atomic E-state index is -0.115. The summed E-state index contributed by atoms with van der Waals surface area (Å²) in [6.07, 6.45) is 1.59. The molecule has 0 saturated heterocycles. The molecule has 0 saturated carbocycles. The summed E-state index contributed by atoms with van der Waals surface area (Å²) in [5.41, 5.74) is 5.83. The molecule has 1 aliphatic rings. The van der Waals surface area contributed by atoms with Gasteiger partial charge in [0, 0.05) is 34.8 Å². The first-order valence-electron chi connectivity index (χ1n) is 9.67. The summed E-state index contributed by atoms with van der Waals surface area (Å²) in [6, 6.07) is 18.9. The van der Waals surface area contributed by atoms with Crippen molar-refractivity contribution in [3.05, 3.63) is 104 Å². The Hall–Kier alpha value is -2.33. The van der Waals surface area contributed by atoms with E-state index >= 15 is 0 Å². The lowest BCUT2D eigenvalue weighted by molar-refractivity contribution is 0.0954. The average molecular weight is 458 g/mol. The lowest BCUT2D eigenvalue weighted by Gasteiger charge is -2.17. The Morgan fingerprint density at radius 1 is 0.933 bits per heavy atom. The van der Waals surface area contributed by atoms with Crippen molar-refractivity contribution in [2.45, 2.75) is 12.8 Å². The Bertz CT molecular complexity index is 1120. The van der Waals surface area contributed by atoms with Gasteiger partial charge in [-0.25, -0.2) is 0 Å². The van der Waals surface area contributed by atoms with E-state index < -0.39 is 0 Å². The minimum absolute atomic E-state index is 0.115. The summed E-state index contributed by atoms with van der Waals surface area (Å²) >= 11 is 18.2.